The van der Waals surface area contributed by atoms with Crippen LogP contribution < -0.4 is 5.32 Å². The van der Waals surface area contributed by atoms with E-state index in [0.29, 0.717) is 11.7 Å². The zero-order chi connectivity index (χ0) is 14.0. The van der Waals surface area contributed by atoms with Crippen molar-refractivity contribution in [2.75, 3.05) is 18.4 Å². The van der Waals surface area contributed by atoms with Gasteiger partial charge in [0.15, 0.2) is 5.82 Å². The molecule has 0 saturated carbocycles. The fourth-order valence-electron chi connectivity index (χ4n) is 2.09. The molecular weight excluding hydrogens is 242 g/mol. The van der Waals surface area contributed by atoms with Gasteiger partial charge in [0.2, 0.25) is 0 Å². The third-order valence-corrected chi connectivity index (χ3v) is 3.56. The van der Waals surface area contributed by atoms with Gasteiger partial charge in [-0.3, -0.25) is 5.32 Å². The zero-order valence-corrected chi connectivity index (χ0v) is 12.2. The Morgan fingerprint density at radius 1 is 1.42 bits per heavy atom. The van der Waals surface area contributed by atoms with Gasteiger partial charge in [-0.15, -0.1) is 0 Å². The summed E-state index contributed by atoms with van der Waals surface area (Å²) in [6.45, 7) is 10.00. The molecule has 2 heterocycles. The first-order chi connectivity index (χ1) is 8.86. The van der Waals surface area contributed by atoms with Crippen molar-refractivity contribution in [3.8, 4) is 0 Å². The first-order valence-corrected chi connectivity index (χ1v) is 6.89. The number of carbonyl (C=O) groups is 1. The van der Waals surface area contributed by atoms with Gasteiger partial charge in [-0.25, -0.2) is 4.79 Å². The smallest absolute Gasteiger partial charge is 0.323 e. The second kappa shape index (κ2) is 5.23. The first kappa shape index (κ1) is 13.9. The van der Waals surface area contributed by atoms with Gasteiger partial charge in [0.1, 0.15) is 5.76 Å². The summed E-state index contributed by atoms with van der Waals surface area (Å²) in [6, 6.07) is 1.71. The number of carbonyl (C=O) groups excluding carboxylic acids is 1. The van der Waals surface area contributed by atoms with Crippen molar-refractivity contribution in [2.24, 2.45) is 5.92 Å². The Morgan fingerprint density at radius 2 is 2.05 bits per heavy atom. The second-order valence-electron chi connectivity index (χ2n) is 6.43. The third-order valence-electron chi connectivity index (χ3n) is 3.56. The third kappa shape index (κ3) is 3.49. The monoisotopic (exact) mass is 265 g/mol. The summed E-state index contributed by atoms with van der Waals surface area (Å²) >= 11 is 0. The van der Waals surface area contributed by atoms with Crippen LogP contribution in [0.3, 0.4) is 0 Å². The van der Waals surface area contributed by atoms with Crippen LogP contribution in [0.4, 0.5) is 10.6 Å². The molecule has 1 aliphatic rings. The van der Waals surface area contributed by atoms with Gasteiger partial charge in [0.05, 0.1) is 0 Å². The molecule has 0 aliphatic carbocycles. The molecule has 1 fully saturated rings. The number of amides is 2. The number of piperidine rings is 1. The number of nitrogens with one attached hydrogen (secondary N) is 1. The van der Waals surface area contributed by atoms with Crippen molar-refractivity contribution in [2.45, 2.75) is 46.0 Å². The van der Waals surface area contributed by atoms with E-state index in [2.05, 4.69) is 17.4 Å². The van der Waals surface area contributed by atoms with Gasteiger partial charge in [-0.05, 0) is 18.8 Å². The number of nitrogens with zero attached hydrogens (tertiary/aromatic N) is 2. The normalized spacial score (nSPS) is 17.6. The fraction of sp³-hybridized carbons (Fsp3) is 0.714. The molecule has 1 aromatic heterocycles. The van der Waals surface area contributed by atoms with E-state index in [9.17, 15) is 4.79 Å². The maximum absolute atomic E-state index is 12.1. The molecular formula is C14H23N3O2. The van der Waals surface area contributed by atoms with Crippen LogP contribution in [-0.2, 0) is 5.41 Å². The molecule has 2 rings (SSSR count). The largest absolute Gasteiger partial charge is 0.359 e. The molecule has 1 aromatic rings. The zero-order valence-electron chi connectivity index (χ0n) is 12.2. The lowest BCUT2D eigenvalue weighted by molar-refractivity contribution is 0.186. The highest BCUT2D eigenvalue weighted by molar-refractivity contribution is 5.88. The number of urea groups is 1. The lowest BCUT2D eigenvalue weighted by atomic mass is 9.93. The molecule has 0 aromatic carbocycles. The van der Waals surface area contributed by atoms with Crippen LogP contribution >= 0.6 is 0 Å². The molecule has 0 spiro atoms. The topological polar surface area (TPSA) is 58.4 Å². The Hall–Kier alpha value is -1.52. The average Bonchev–Trinajstić information content (AvgIpc) is 2.78. The lowest BCUT2D eigenvalue weighted by Crippen LogP contribution is -2.40. The van der Waals surface area contributed by atoms with E-state index in [-0.39, 0.29) is 11.4 Å². The number of aromatic nitrogens is 1. The van der Waals surface area contributed by atoms with Gasteiger partial charge < -0.3 is 9.42 Å². The molecule has 5 heteroatoms. The minimum Gasteiger partial charge on any atom is -0.359 e. The molecule has 1 N–H and O–H groups in total. The average molecular weight is 265 g/mol. The summed E-state index contributed by atoms with van der Waals surface area (Å²) in [5.41, 5.74) is -0.101. The number of hydrogen-bond acceptors (Lipinski definition) is 3. The highest BCUT2D eigenvalue weighted by Crippen LogP contribution is 2.24. The molecule has 2 amide bonds. The Kier molecular flexibility index (Phi) is 3.83. The van der Waals surface area contributed by atoms with Crippen LogP contribution in [0.15, 0.2) is 10.6 Å². The summed E-state index contributed by atoms with van der Waals surface area (Å²) in [6.07, 6.45) is 2.14. The van der Waals surface area contributed by atoms with E-state index < -0.39 is 0 Å². The van der Waals surface area contributed by atoms with Crippen LogP contribution in [0.1, 0.15) is 46.3 Å². The fourth-order valence-corrected chi connectivity index (χ4v) is 2.09. The van der Waals surface area contributed by atoms with Crippen LogP contribution in [0.5, 0.6) is 0 Å². The standard InChI is InChI=1S/C14H23N3O2/c1-10-5-7-17(8-6-10)13(18)15-12-9-11(19-16-12)14(2,3)4/h9-10H,5-8H2,1-4H3,(H,15,16,18). The lowest BCUT2D eigenvalue weighted by Gasteiger charge is -2.29. The molecule has 1 aliphatic heterocycles. The maximum atomic E-state index is 12.1. The van der Waals surface area contributed by atoms with Crippen LogP contribution in [-0.4, -0.2) is 29.2 Å². The van der Waals surface area contributed by atoms with Crippen LogP contribution in [0.25, 0.3) is 0 Å². The molecule has 19 heavy (non-hydrogen) atoms. The van der Waals surface area contributed by atoms with Crippen molar-refractivity contribution < 1.29 is 9.32 Å². The number of hydrogen-bond donors (Lipinski definition) is 1. The minimum absolute atomic E-state index is 0.0827. The van der Waals surface area contributed by atoms with E-state index in [0.717, 1.165) is 31.7 Å². The number of likely N-dealkylation sites (tertiary alicyclic amines) is 1. The Bertz CT molecular complexity index is 440. The van der Waals surface area contributed by atoms with Crippen molar-refractivity contribution in [3.63, 3.8) is 0 Å². The highest BCUT2D eigenvalue weighted by atomic mass is 16.5. The van der Waals surface area contributed by atoms with Gasteiger partial charge in [-0.2, -0.15) is 0 Å². The van der Waals surface area contributed by atoms with Gasteiger partial charge >= 0.3 is 6.03 Å². The second-order valence-corrected chi connectivity index (χ2v) is 6.43. The van der Waals surface area contributed by atoms with Gasteiger partial charge in [0, 0.05) is 24.6 Å². The number of anilines is 1. The summed E-state index contributed by atoms with van der Waals surface area (Å²) in [5.74, 6) is 1.98. The molecule has 1 saturated heterocycles. The minimum atomic E-state index is -0.101. The summed E-state index contributed by atoms with van der Waals surface area (Å²) in [4.78, 5) is 13.9. The highest BCUT2D eigenvalue weighted by Gasteiger charge is 2.23. The van der Waals surface area contributed by atoms with Crippen molar-refractivity contribution in [3.05, 3.63) is 11.8 Å². The van der Waals surface area contributed by atoms with E-state index in [1.807, 2.05) is 25.7 Å². The quantitative estimate of drug-likeness (QED) is 0.848. The van der Waals surface area contributed by atoms with Gasteiger partial charge in [0.25, 0.3) is 0 Å². The van der Waals surface area contributed by atoms with Gasteiger partial charge in [-0.1, -0.05) is 32.9 Å². The van der Waals surface area contributed by atoms with Crippen molar-refractivity contribution in [1.29, 1.82) is 0 Å². The summed E-state index contributed by atoms with van der Waals surface area (Å²) in [5, 5.41) is 6.70. The predicted molar refractivity (Wildman–Crippen MR) is 74.2 cm³/mol. The Labute approximate surface area is 114 Å². The van der Waals surface area contributed by atoms with Crippen molar-refractivity contribution >= 4 is 11.8 Å². The molecule has 0 bridgehead atoms. The summed E-state index contributed by atoms with van der Waals surface area (Å²) in [7, 11) is 0. The molecule has 0 unspecified atom stereocenters. The van der Waals surface area contributed by atoms with E-state index in [4.69, 9.17) is 4.52 Å². The SMILES string of the molecule is CC1CCN(C(=O)Nc2cc(C(C)(C)C)on2)CC1. The number of rotatable bonds is 1. The van der Waals surface area contributed by atoms with E-state index in [1.165, 1.54) is 0 Å². The van der Waals surface area contributed by atoms with E-state index in [1.54, 1.807) is 6.07 Å². The Morgan fingerprint density at radius 3 is 2.58 bits per heavy atom. The maximum Gasteiger partial charge on any atom is 0.323 e. The van der Waals surface area contributed by atoms with Crippen LogP contribution in [0, 0.1) is 5.92 Å². The molecule has 5 nitrogen and oxygen atoms in total. The molecule has 106 valence electrons. The van der Waals surface area contributed by atoms with E-state index >= 15 is 0 Å². The summed E-state index contributed by atoms with van der Waals surface area (Å²) < 4.78 is 5.25. The van der Waals surface area contributed by atoms with Crippen LogP contribution in [0.2, 0.25) is 0 Å². The molecule has 0 radical (unpaired) electrons. The van der Waals surface area contributed by atoms with Crippen molar-refractivity contribution in [1.82, 2.24) is 10.1 Å². The predicted octanol–water partition coefficient (Wildman–Crippen LogP) is 3.24. The Balaban J connectivity index is 1.94. The molecule has 0 atom stereocenters. The first-order valence-electron chi connectivity index (χ1n) is 6.89.